The number of hydrogen-bond donors (Lipinski definition) is 1. The molecule has 1 aromatic rings. The summed E-state index contributed by atoms with van der Waals surface area (Å²) in [6.45, 7) is 5.95. The van der Waals surface area contributed by atoms with E-state index in [-0.39, 0.29) is 23.1 Å². The maximum atomic E-state index is 13.4. The van der Waals surface area contributed by atoms with Crippen molar-refractivity contribution in [3.8, 4) is 0 Å². The van der Waals surface area contributed by atoms with Gasteiger partial charge < -0.3 is 5.32 Å². The SMILES string of the molecule is CC(C)(C)C1C(=O)Nc2c(F)cccc21. The number of halogens is 1. The van der Waals surface area contributed by atoms with Crippen LogP contribution in [0, 0.1) is 11.2 Å². The first-order valence-electron chi connectivity index (χ1n) is 5.00. The lowest BCUT2D eigenvalue weighted by atomic mass is 9.77. The first-order valence-corrected chi connectivity index (χ1v) is 5.00. The van der Waals surface area contributed by atoms with Crippen LogP contribution in [0.3, 0.4) is 0 Å². The van der Waals surface area contributed by atoms with Gasteiger partial charge in [-0.25, -0.2) is 4.39 Å². The Hall–Kier alpha value is -1.38. The van der Waals surface area contributed by atoms with Gasteiger partial charge in [0.25, 0.3) is 0 Å². The molecule has 1 amide bonds. The van der Waals surface area contributed by atoms with Gasteiger partial charge in [-0.3, -0.25) is 4.79 Å². The summed E-state index contributed by atoms with van der Waals surface area (Å²) >= 11 is 0. The molecule has 0 aromatic heterocycles. The van der Waals surface area contributed by atoms with E-state index in [0.29, 0.717) is 5.69 Å². The minimum Gasteiger partial charge on any atom is -0.323 e. The third kappa shape index (κ3) is 1.52. The molecule has 2 rings (SSSR count). The molecule has 1 aromatic carbocycles. The van der Waals surface area contributed by atoms with Crippen LogP contribution in [0.2, 0.25) is 0 Å². The van der Waals surface area contributed by atoms with Crippen LogP contribution >= 0.6 is 0 Å². The second kappa shape index (κ2) is 3.05. The predicted molar refractivity (Wildman–Crippen MR) is 57.2 cm³/mol. The van der Waals surface area contributed by atoms with Crippen molar-refractivity contribution in [1.82, 2.24) is 0 Å². The van der Waals surface area contributed by atoms with Crippen LogP contribution in [-0.4, -0.2) is 5.91 Å². The van der Waals surface area contributed by atoms with Crippen LogP contribution < -0.4 is 5.32 Å². The normalized spacial score (nSPS) is 20.0. The minimum absolute atomic E-state index is 0.109. The van der Waals surface area contributed by atoms with Gasteiger partial charge in [0.2, 0.25) is 5.91 Å². The maximum Gasteiger partial charge on any atom is 0.232 e. The maximum absolute atomic E-state index is 13.4. The quantitative estimate of drug-likeness (QED) is 0.696. The summed E-state index contributed by atoms with van der Waals surface area (Å²) in [5, 5.41) is 2.61. The van der Waals surface area contributed by atoms with Crippen molar-refractivity contribution in [2.45, 2.75) is 26.7 Å². The smallest absolute Gasteiger partial charge is 0.232 e. The monoisotopic (exact) mass is 207 g/mol. The lowest BCUT2D eigenvalue weighted by Crippen LogP contribution is -2.25. The molecule has 80 valence electrons. The van der Waals surface area contributed by atoms with E-state index in [9.17, 15) is 9.18 Å². The zero-order valence-corrected chi connectivity index (χ0v) is 9.10. The largest absolute Gasteiger partial charge is 0.323 e. The van der Waals surface area contributed by atoms with Gasteiger partial charge in [0.1, 0.15) is 5.82 Å². The molecule has 0 saturated heterocycles. The van der Waals surface area contributed by atoms with Crippen molar-refractivity contribution in [3.05, 3.63) is 29.6 Å². The highest BCUT2D eigenvalue weighted by Crippen LogP contribution is 2.44. The topological polar surface area (TPSA) is 29.1 Å². The molecule has 1 unspecified atom stereocenters. The Bertz CT molecular complexity index is 420. The molecule has 0 spiro atoms. The van der Waals surface area contributed by atoms with E-state index >= 15 is 0 Å². The molecule has 1 aliphatic heterocycles. The van der Waals surface area contributed by atoms with E-state index < -0.39 is 0 Å². The molecule has 0 bridgehead atoms. The van der Waals surface area contributed by atoms with Crippen LogP contribution in [0.4, 0.5) is 10.1 Å². The molecule has 2 nitrogen and oxygen atoms in total. The second-order valence-electron chi connectivity index (χ2n) is 4.99. The van der Waals surface area contributed by atoms with Crippen LogP contribution in [0.1, 0.15) is 32.3 Å². The Labute approximate surface area is 88.5 Å². The Kier molecular flexibility index (Phi) is 2.07. The molecule has 1 N–H and O–H groups in total. The third-order valence-corrected chi connectivity index (χ3v) is 2.73. The Balaban J connectivity index is 2.56. The highest BCUT2D eigenvalue weighted by molar-refractivity contribution is 6.03. The van der Waals surface area contributed by atoms with Gasteiger partial charge >= 0.3 is 0 Å². The van der Waals surface area contributed by atoms with Crippen LogP contribution in [0.25, 0.3) is 0 Å². The highest BCUT2D eigenvalue weighted by atomic mass is 19.1. The summed E-state index contributed by atoms with van der Waals surface area (Å²) in [6.07, 6.45) is 0. The van der Waals surface area contributed by atoms with Gasteiger partial charge in [-0.05, 0) is 17.0 Å². The van der Waals surface area contributed by atoms with Gasteiger partial charge in [0.05, 0.1) is 11.6 Å². The van der Waals surface area contributed by atoms with Crippen molar-refractivity contribution >= 4 is 11.6 Å². The molecule has 0 aliphatic carbocycles. The molecule has 1 heterocycles. The van der Waals surface area contributed by atoms with Gasteiger partial charge in [0.15, 0.2) is 0 Å². The van der Waals surface area contributed by atoms with Crippen LogP contribution in [0.15, 0.2) is 18.2 Å². The predicted octanol–water partition coefficient (Wildman–Crippen LogP) is 2.91. The number of carbonyl (C=O) groups is 1. The lowest BCUT2D eigenvalue weighted by molar-refractivity contribution is -0.119. The van der Waals surface area contributed by atoms with Crippen molar-refractivity contribution < 1.29 is 9.18 Å². The summed E-state index contributed by atoms with van der Waals surface area (Å²) in [7, 11) is 0. The van der Waals surface area contributed by atoms with Crippen molar-refractivity contribution in [1.29, 1.82) is 0 Å². The number of hydrogen-bond acceptors (Lipinski definition) is 1. The number of para-hydroxylation sites is 1. The number of amides is 1. The highest BCUT2D eigenvalue weighted by Gasteiger charge is 2.40. The fourth-order valence-corrected chi connectivity index (χ4v) is 2.11. The number of rotatable bonds is 0. The Morgan fingerprint density at radius 1 is 1.33 bits per heavy atom. The molecule has 1 atom stereocenters. The zero-order valence-electron chi connectivity index (χ0n) is 9.10. The first-order chi connectivity index (χ1) is 6.91. The lowest BCUT2D eigenvalue weighted by Gasteiger charge is -2.25. The number of carbonyl (C=O) groups excluding carboxylic acids is 1. The molecular weight excluding hydrogens is 193 g/mol. The molecule has 1 aliphatic rings. The van der Waals surface area contributed by atoms with Gasteiger partial charge in [-0.15, -0.1) is 0 Å². The van der Waals surface area contributed by atoms with Crippen LogP contribution in [-0.2, 0) is 4.79 Å². The molecule has 0 fully saturated rings. The van der Waals surface area contributed by atoms with E-state index in [4.69, 9.17) is 0 Å². The standard InChI is InChI=1S/C12H14FNO/c1-12(2,3)9-7-5-4-6-8(13)10(7)14-11(9)15/h4-6,9H,1-3H3,(H,14,15). The van der Waals surface area contributed by atoms with Gasteiger partial charge in [-0.2, -0.15) is 0 Å². The first kappa shape index (κ1) is 10.1. The van der Waals surface area contributed by atoms with Crippen molar-refractivity contribution in [2.24, 2.45) is 5.41 Å². The number of anilines is 1. The number of fused-ring (bicyclic) bond motifs is 1. The number of benzene rings is 1. The molecular formula is C12H14FNO. The summed E-state index contributed by atoms with van der Waals surface area (Å²) in [5.74, 6) is -0.724. The zero-order chi connectivity index (χ0) is 11.2. The summed E-state index contributed by atoms with van der Waals surface area (Å²) in [4.78, 5) is 11.8. The van der Waals surface area contributed by atoms with E-state index in [1.54, 1.807) is 6.07 Å². The van der Waals surface area contributed by atoms with Crippen molar-refractivity contribution in [3.63, 3.8) is 0 Å². The van der Waals surface area contributed by atoms with E-state index in [1.165, 1.54) is 6.07 Å². The average molecular weight is 207 g/mol. The fourth-order valence-electron chi connectivity index (χ4n) is 2.11. The van der Waals surface area contributed by atoms with Crippen LogP contribution in [0.5, 0.6) is 0 Å². The van der Waals surface area contributed by atoms with Gasteiger partial charge in [0, 0.05) is 0 Å². The van der Waals surface area contributed by atoms with Crippen molar-refractivity contribution in [2.75, 3.05) is 5.32 Å². The Morgan fingerprint density at radius 3 is 2.60 bits per heavy atom. The summed E-state index contributed by atoms with van der Waals surface area (Å²) in [5.41, 5.74) is 0.929. The van der Waals surface area contributed by atoms with Gasteiger partial charge in [-0.1, -0.05) is 32.9 Å². The van der Waals surface area contributed by atoms with E-state index in [1.807, 2.05) is 26.8 Å². The number of nitrogens with one attached hydrogen (secondary N) is 1. The Morgan fingerprint density at radius 2 is 2.00 bits per heavy atom. The van der Waals surface area contributed by atoms with E-state index in [2.05, 4.69) is 5.32 Å². The van der Waals surface area contributed by atoms with E-state index in [0.717, 1.165) is 5.56 Å². The molecule has 0 saturated carbocycles. The minimum atomic E-state index is -0.354. The average Bonchev–Trinajstić information content (AvgIpc) is 2.41. The molecule has 15 heavy (non-hydrogen) atoms. The summed E-state index contributed by atoms with van der Waals surface area (Å²) in [6, 6.07) is 4.82. The third-order valence-electron chi connectivity index (χ3n) is 2.73. The fraction of sp³-hybridized carbons (Fsp3) is 0.417. The molecule has 0 radical (unpaired) electrons. The second-order valence-corrected chi connectivity index (χ2v) is 4.99. The summed E-state index contributed by atoms with van der Waals surface area (Å²) < 4.78 is 13.4. The molecule has 3 heteroatoms.